The first-order valence-electron chi connectivity index (χ1n) is 6.14. The number of hydrogen-bond acceptors (Lipinski definition) is 3. The Morgan fingerprint density at radius 3 is 2.37 bits per heavy atom. The Hall–Kier alpha value is -2.46. The van der Waals surface area contributed by atoms with E-state index in [0.717, 1.165) is 22.5 Å². The monoisotopic (exact) mass is 250 g/mol. The molecule has 0 bridgehead atoms. The molecule has 94 valence electrons. The Kier molecular flexibility index (Phi) is 3.08. The molecule has 0 aliphatic rings. The SMILES string of the molecule is NCc1ccc(-n2nncc2-c2ccccc2)cc1. The van der Waals surface area contributed by atoms with Crippen LogP contribution in [0.25, 0.3) is 16.9 Å². The van der Waals surface area contributed by atoms with Crippen LogP contribution in [-0.2, 0) is 6.54 Å². The first kappa shape index (κ1) is 11.6. The maximum absolute atomic E-state index is 5.60. The van der Waals surface area contributed by atoms with Crippen molar-refractivity contribution in [3.63, 3.8) is 0 Å². The Morgan fingerprint density at radius 1 is 0.947 bits per heavy atom. The molecular formula is C15H14N4. The van der Waals surface area contributed by atoms with Gasteiger partial charge in [-0.25, -0.2) is 4.68 Å². The standard InChI is InChI=1S/C15H14N4/c16-10-12-6-8-14(9-7-12)19-15(11-17-18-19)13-4-2-1-3-5-13/h1-9,11H,10,16H2. The predicted octanol–water partition coefficient (Wildman–Crippen LogP) is 2.39. The molecule has 1 aromatic heterocycles. The van der Waals surface area contributed by atoms with E-state index in [9.17, 15) is 0 Å². The van der Waals surface area contributed by atoms with Crippen LogP contribution in [0.5, 0.6) is 0 Å². The summed E-state index contributed by atoms with van der Waals surface area (Å²) in [5, 5.41) is 8.16. The van der Waals surface area contributed by atoms with E-state index in [-0.39, 0.29) is 0 Å². The third-order valence-corrected chi connectivity index (χ3v) is 3.04. The highest BCUT2D eigenvalue weighted by molar-refractivity contribution is 5.60. The van der Waals surface area contributed by atoms with Gasteiger partial charge in [-0.2, -0.15) is 0 Å². The minimum absolute atomic E-state index is 0.545. The van der Waals surface area contributed by atoms with Crippen molar-refractivity contribution in [2.75, 3.05) is 0 Å². The lowest BCUT2D eigenvalue weighted by Crippen LogP contribution is -2.01. The van der Waals surface area contributed by atoms with E-state index in [0.29, 0.717) is 6.54 Å². The number of benzene rings is 2. The first-order chi connectivity index (χ1) is 9.38. The van der Waals surface area contributed by atoms with Gasteiger partial charge in [0.1, 0.15) is 0 Å². The van der Waals surface area contributed by atoms with Gasteiger partial charge >= 0.3 is 0 Å². The van der Waals surface area contributed by atoms with E-state index >= 15 is 0 Å². The molecule has 0 atom stereocenters. The van der Waals surface area contributed by atoms with Gasteiger partial charge in [-0.1, -0.05) is 47.7 Å². The summed E-state index contributed by atoms with van der Waals surface area (Å²) in [5.74, 6) is 0. The van der Waals surface area contributed by atoms with Crippen LogP contribution in [0, 0.1) is 0 Å². The van der Waals surface area contributed by atoms with Gasteiger partial charge in [-0.3, -0.25) is 0 Å². The third-order valence-electron chi connectivity index (χ3n) is 3.04. The summed E-state index contributed by atoms with van der Waals surface area (Å²) in [4.78, 5) is 0. The summed E-state index contributed by atoms with van der Waals surface area (Å²) in [6.07, 6.45) is 1.77. The van der Waals surface area contributed by atoms with Crippen molar-refractivity contribution >= 4 is 0 Å². The largest absolute Gasteiger partial charge is 0.326 e. The van der Waals surface area contributed by atoms with E-state index in [4.69, 9.17) is 5.73 Å². The van der Waals surface area contributed by atoms with Gasteiger partial charge < -0.3 is 5.73 Å². The number of nitrogens with zero attached hydrogens (tertiary/aromatic N) is 3. The van der Waals surface area contributed by atoms with Crippen molar-refractivity contribution in [3.8, 4) is 16.9 Å². The molecule has 0 fully saturated rings. The van der Waals surface area contributed by atoms with Gasteiger partial charge in [0.2, 0.25) is 0 Å². The highest BCUT2D eigenvalue weighted by Crippen LogP contribution is 2.21. The minimum atomic E-state index is 0.545. The molecule has 3 rings (SSSR count). The smallest absolute Gasteiger partial charge is 0.0944 e. The lowest BCUT2D eigenvalue weighted by Gasteiger charge is -2.06. The Balaban J connectivity index is 2.04. The summed E-state index contributed by atoms with van der Waals surface area (Å²) in [6.45, 7) is 0.545. The van der Waals surface area contributed by atoms with Gasteiger partial charge in [0.15, 0.2) is 0 Å². The van der Waals surface area contributed by atoms with Crippen molar-refractivity contribution in [1.82, 2.24) is 15.0 Å². The molecule has 0 saturated carbocycles. The molecule has 0 aliphatic carbocycles. The predicted molar refractivity (Wildman–Crippen MR) is 74.7 cm³/mol. The fourth-order valence-corrected chi connectivity index (χ4v) is 2.00. The number of rotatable bonds is 3. The molecule has 0 aliphatic heterocycles. The molecule has 0 unspecified atom stereocenters. The molecular weight excluding hydrogens is 236 g/mol. The maximum Gasteiger partial charge on any atom is 0.0944 e. The van der Waals surface area contributed by atoms with Crippen LogP contribution in [-0.4, -0.2) is 15.0 Å². The van der Waals surface area contributed by atoms with Crippen LogP contribution in [0.3, 0.4) is 0 Å². The molecule has 2 aromatic carbocycles. The lowest BCUT2D eigenvalue weighted by molar-refractivity contribution is 0.807. The third kappa shape index (κ3) is 2.26. The second-order valence-electron chi connectivity index (χ2n) is 4.27. The quantitative estimate of drug-likeness (QED) is 0.776. The minimum Gasteiger partial charge on any atom is -0.326 e. The van der Waals surface area contributed by atoms with Crippen LogP contribution in [0.2, 0.25) is 0 Å². The Labute approximate surface area is 111 Å². The fourth-order valence-electron chi connectivity index (χ4n) is 2.00. The van der Waals surface area contributed by atoms with E-state index in [1.807, 2.05) is 59.3 Å². The van der Waals surface area contributed by atoms with Gasteiger partial charge in [-0.05, 0) is 17.7 Å². The highest BCUT2D eigenvalue weighted by Gasteiger charge is 2.07. The van der Waals surface area contributed by atoms with Crippen molar-refractivity contribution < 1.29 is 0 Å². The second-order valence-corrected chi connectivity index (χ2v) is 4.27. The van der Waals surface area contributed by atoms with E-state index < -0.39 is 0 Å². The average molecular weight is 250 g/mol. The van der Waals surface area contributed by atoms with Crippen LogP contribution >= 0.6 is 0 Å². The van der Waals surface area contributed by atoms with Crippen molar-refractivity contribution in [2.24, 2.45) is 5.73 Å². The summed E-state index contributed by atoms with van der Waals surface area (Å²) in [6, 6.07) is 18.1. The molecule has 3 aromatic rings. The second kappa shape index (κ2) is 5.04. The molecule has 19 heavy (non-hydrogen) atoms. The molecule has 0 amide bonds. The topological polar surface area (TPSA) is 56.7 Å². The zero-order chi connectivity index (χ0) is 13.1. The first-order valence-corrected chi connectivity index (χ1v) is 6.14. The normalized spacial score (nSPS) is 10.6. The van der Waals surface area contributed by atoms with Crippen LogP contribution in [0.1, 0.15) is 5.56 Å². The van der Waals surface area contributed by atoms with Crippen LogP contribution in [0.4, 0.5) is 0 Å². The molecule has 4 heteroatoms. The number of aromatic nitrogens is 3. The van der Waals surface area contributed by atoms with Crippen molar-refractivity contribution in [1.29, 1.82) is 0 Å². The highest BCUT2D eigenvalue weighted by atomic mass is 15.4. The van der Waals surface area contributed by atoms with E-state index in [2.05, 4.69) is 10.3 Å². The zero-order valence-corrected chi connectivity index (χ0v) is 10.4. The summed E-state index contributed by atoms with van der Waals surface area (Å²) in [7, 11) is 0. The molecule has 0 radical (unpaired) electrons. The summed E-state index contributed by atoms with van der Waals surface area (Å²) in [5.41, 5.74) is 9.75. The molecule has 0 saturated heterocycles. The van der Waals surface area contributed by atoms with Gasteiger partial charge in [0, 0.05) is 12.1 Å². The van der Waals surface area contributed by atoms with E-state index in [1.54, 1.807) is 6.20 Å². The molecule has 4 nitrogen and oxygen atoms in total. The fraction of sp³-hybridized carbons (Fsp3) is 0.0667. The van der Waals surface area contributed by atoms with Crippen molar-refractivity contribution in [2.45, 2.75) is 6.54 Å². The number of nitrogens with two attached hydrogens (primary N) is 1. The molecule has 2 N–H and O–H groups in total. The molecule has 0 spiro atoms. The Morgan fingerprint density at radius 2 is 1.68 bits per heavy atom. The van der Waals surface area contributed by atoms with Crippen LogP contribution < -0.4 is 5.73 Å². The zero-order valence-electron chi connectivity index (χ0n) is 10.4. The van der Waals surface area contributed by atoms with Crippen molar-refractivity contribution in [3.05, 3.63) is 66.4 Å². The van der Waals surface area contributed by atoms with Gasteiger partial charge in [0.05, 0.1) is 17.6 Å². The van der Waals surface area contributed by atoms with Gasteiger partial charge in [-0.15, -0.1) is 5.10 Å². The number of hydrogen-bond donors (Lipinski definition) is 1. The Bertz CT molecular complexity index is 656. The maximum atomic E-state index is 5.60. The van der Waals surface area contributed by atoms with Gasteiger partial charge in [0.25, 0.3) is 0 Å². The lowest BCUT2D eigenvalue weighted by atomic mass is 10.1. The van der Waals surface area contributed by atoms with E-state index in [1.165, 1.54) is 0 Å². The summed E-state index contributed by atoms with van der Waals surface area (Å²) >= 11 is 0. The summed E-state index contributed by atoms with van der Waals surface area (Å²) < 4.78 is 1.83. The van der Waals surface area contributed by atoms with Crippen LogP contribution in [0.15, 0.2) is 60.8 Å². The molecule has 1 heterocycles. The average Bonchev–Trinajstić information content (AvgIpc) is 2.98.